The molecule has 0 amide bonds. The maximum Gasteiger partial charge on any atom is 0.307 e. The molecule has 0 aliphatic rings. The molecule has 1 aromatic rings. The second-order valence-electron chi connectivity index (χ2n) is 3.14. The van der Waals surface area contributed by atoms with Crippen molar-refractivity contribution in [2.45, 2.75) is 24.7 Å². The zero-order chi connectivity index (χ0) is 11.4. The van der Waals surface area contributed by atoms with Crippen LogP contribution in [0, 0.1) is 11.3 Å². The van der Waals surface area contributed by atoms with Gasteiger partial charge in [-0.25, -0.2) is 0 Å². The quantitative estimate of drug-likeness (QED) is 0.768. The van der Waals surface area contributed by atoms with Gasteiger partial charge in [-0.15, -0.1) is 12.6 Å². The highest BCUT2D eigenvalue weighted by molar-refractivity contribution is 7.80. The number of benzene rings is 1. The minimum atomic E-state index is -0.918. The van der Waals surface area contributed by atoms with Crippen LogP contribution in [0.3, 0.4) is 0 Å². The molecule has 0 spiro atoms. The van der Waals surface area contributed by atoms with E-state index >= 15 is 0 Å². The van der Waals surface area contributed by atoms with E-state index in [2.05, 4.69) is 18.7 Å². The molecule has 0 unspecified atom stereocenters. The van der Waals surface area contributed by atoms with Crippen LogP contribution >= 0.6 is 12.6 Å². The Labute approximate surface area is 93.8 Å². The van der Waals surface area contributed by atoms with E-state index in [1.165, 1.54) is 0 Å². The number of hydrogen-bond acceptors (Lipinski definition) is 3. The van der Waals surface area contributed by atoms with Crippen LogP contribution in [0.1, 0.15) is 23.6 Å². The maximum absolute atomic E-state index is 10.6. The lowest BCUT2D eigenvalue weighted by Crippen LogP contribution is -2.03. The minimum absolute atomic E-state index is 0.0997. The van der Waals surface area contributed by atoms with Crippen LogP contribution in [0.5, 0.6) is 0 Å². The zero-order valence-electron chi connectivity index (χ0n) is 8.32. The number of nitrogens with zero attached hydrogens (tertiary/aromatic N) is 1. The first kappa shape index (κ1) is 11.6. The second kappa shape index (κ2) is 4.85. The molecule has 0 heterocycles. The summed E-state index contributed by atoms with van der Waals surface area (Å²) < 4.78 is 0. The molecular weight excluding hydrogens is 210 g/mol. The van der Waals surface area contributed by atoms with E-state index in [0.717, 1.165) is 12.0 Å². The second-order valence-corrected chi connectivity index (χ2v) is 3.59. The molecule has 0 radical (unpaired) electrons. The molecule has 1 aromatic carbocycles. The van der Waals surface area contributed by atoms with Crippen molar-refractivity contribution in [3.8, 4) is 6.07 Å². The van der Waals surface area contributed by atoms with Gasteiger partial charge in [0.05, 0.1) is 12.0 Å². The highest BCUT2D eigenvalue weighted by Crippen LogP contribution is 2.23. The molecule has 0 saturated heterocycles. The first-order valence-corrected chi connectivity index (χ1v) is 5.00. The molecule has 15 heavy (non-hydrogen) atoms. The first-order valence-electron chi connectivity index (χ1n) is 4.55. The van der Waals surface area contributed by atoms with Crippen molar-refractivity contribution in [1.82, 2.24) is 0 Å². The monoisotopic (exact) mass is 221 g/mol. The Morgan fingerprint density at radius 3 is 2.60 bits per heavy atom. The predicted molar refractivity (Wildman–Crippen MR) is 59.1 cm³/mol. The van der Waals surface area contributed by atoms with Crippen LogP contribution in [0.4, 0.5) is 0 Å². The van der Waals surface area contributed by atoms with Crippen LogP contribution in [-0.4, -0.2) is 11.1 Å². The van der Waals surface area contributed by atoms with E-state index in [1.807, 2.05) is 6.92 Å². The van der Waals surface area contributed by atoms with Gasteiger partial charge in [0, 0.05) is 4.90 Å². The Kier molecular flexibility index (Phi) is 3.75. The third kappa shape index (κ3) is 2.51. The molecule has 0 fully saturated rings. The van der Waals surface area contributed by atoms with Crippen molar-refractivity contribution in [3.05, 3.63) is 28.8 Å². The minimum Gasteiger partial charge on any atom is -0.481 e. The number of carboxylic acids is 1. The van der Waals surface area contributed by atoms with Gasteiger partial charge in [-0.05, 0) is 17.5 Å². The maximum atomic E-state index is 10.6. The molecule has 0 atom stereocenters. The Morgan fingerprint density at radius 1 is 1.53 bits per heavy atom. The Hall–Kier alpha value is -1.47. The summed E-state index contributed by atoms with van der Waals surface area (Å²) in [5.41, 5.74) is 1.97. The van der Waals surface area contributed by atoms with Crippen molar-refractivity contribution in [3.63, 3.8) is 0 Å². The number of aliphatic carboxylic acids is 1. The van der Waals surface area contributed by atoms with Crippen LogP contribution < -0.4 is 0 Å². The lowest BCUT2D eigenvalue weighted by Gasteiger charge is -2.08. The van der Waals surface area contributed by atoms with Gasteiger partial charge in [0.1, 0.15) is 6.07 Å². The molecule has 0 aliphatic carbocycles. The van der Waals surface area contributed by atoms with Gasteiger partial charge in [-0.1, -0.05) is 19.1 Å². The molecule has 3 nitrogen and oxygen atoms in total. The zero-order valence-corrected chi connectivity index (χ0v) is 9.21. The van der Waals surface area contributed by atoms with Gasteiger partial charge in [-0.2, -0.15) is 5.26 Å². The van der Waals surface area contributed by atoms with Crippen molar-refractivity contribution in [2.75, 3.05) is 0 Å². The van der Waals surface area contributed by atoms with Gasteiger partial charge in [0.25, 0.3) is 0 Å². The van der Waals surface area contributed by atoms with E-state index < -0.39 is 5.97 Å². The highest BCUT2D eigenvalue weighted by atomic mass is 32.1. The SMILES string of the molecule is CCc1ccc(CC(=O)O)c(S)c1C#N. The fraction of sp³-hybridized carbons (Fsp3) is 0.273. The molecule has 78 valence electrons. The van der Waals surface area contributed by atoms with Crippen molar-refractivity contribution < 1.29 is 9.90 Å². The molecule has 4 heteroatoms. The summed E-state index contributed by atoms with van der Waals surface area (Å²) in [5, 5.41) is 17.6. The Morgan fingerprint density at radius 2 is 2.13 bits per heavy atom. The number of rotatable bonds is 3. The lowest BCUT2D eigenvalue weighted by molar-refractivity contribution is -0.136. The summed E-state index contributed by atoms with van der Waals surface area (Å²) in [6.45, 7) is 1.94. The molecular formula is C11H11NO2S. The normalized spacial score (nSPS) is 9.67. The van der Waals surface area contributed by atoms with Gasteiger partial charge in [0.15, 0.2) is 0 Å². The van der Waals surface area contributed by atoms with Crippen LogP contribution in [0.15, 0.2) is 17.0 Å². The number of hydrogen-bond donors (Lipinski definition) is 2. The fourth-order valence-electron chi connectivity index (χ4n) is 1.40. The van der Waals surface area contributed by atoms with E-state index in [-0.39, 0.29) is 6.42 Å². The summed E-state index contributed by atoms with van der Waals surface area (Å²) in [5.74, 6) is -0.918. The van der Waals surface area contributed by atoms with Crippen molar-refractivity contribution in [1.29, 1.82) is 5.26 Å². The Balaban J connectivity index is 3.24. The summed E-state index contributed by atoms with van der Waals surface area (Å²) >= 11 is 4.20. The standard InChI is InChI=1S/C11H11NO2S/c1-2-7-3-4-8(5-10(13)14)11(15)9(7)6-12/h3-4,15H,2,5H2,1H3,(H,13,14). The molecule has 0 aliphatic heterocycles. The summed E-state index contributed by atoms with van der Waals surface area (Å²) in [6, 6.07) is 5.57. The summed E-state index contributed by atoms with van der Waals surface area (Å²) in [6.07, 6.45) is 0.640. The lowest BCUT2D eigenvalue weighted by atomic mass is 10.0. The average Bonchev–Trinajstić information content (AvgIpc) is 2.20. The number of carboxylic acid groups (broad SMARTS) is 1. The molecule has 0 saturated carbocycles. The third-order valence-corrected chi connectivity index (χ3v) is 2.69. The molecule has 0 aromatic heterocycles. The predicted octanol–water partition coefficient (Wildman–Crippen LogP) is 2.04. The average molecular weight is 221 g/mol. The van der Waals surface area contributed by atoms with Gasteiger partial charge < -0.3 is 5.11 Å². The third-order valence-electron chi connectivity index (χ3n) is 2.18. The fourth-order valence-corrected chi connectivity index (χ4v) is 1.75. The van der Waals surface area contributed by atoms with E-state index in [0.29, 0.717) is 16.0 Å². The van der Waals surface area contributed by atoms with Crippen molar-refractivity contribution in [2.24, 2.45) is 0 Å². The van der Waals surface area contributed by atoms with Gasteiger partial charge in [-0.3, -0.25) is 4.79 Å². The highest BCUT2D eigenvalue weighted by Gasteiger charge is 2.11. The first-order chi connectivity index (χ1) is 7.10. The number of thiol groups is 1. The van der Waals surface area contributed by atoms with E-state index in [4.69, 9.17) is 10.4 Å². The van der Waals surface area contributed by atoms with Crippen LogP contribution in [0.2, 0.25) is 0 Å². The molecule has 1 N–H and O–H groups in total. The molecule has 1 rings (SSSR count). The van der Waals surface area contributed by atoms with Crippen LogP contribution in [-0.2, 0) is 17.6 Å². The van der Waals surface area contributed by atoms with E-state index in [1.54, 1.807) is 12.1 Å². The van der Waals surface area contributed by atoms with Crippen molar-refractivity contribution >= 4 is 18.6 Å². The summed E-state index contributed by atoms with van der Waals surface area (Å²) in [7, 11) is 0. The smallest absolute Gasteiger partial charge is 0.307 e. The largest absolute Gasteiger partial charge is 0.481 e. The van der Waals surface area contributed by atoms with E-state index in [9.17, 15) is 4.79 Å². The number of carbonyl (C=O) groups is 1. The van der Waals surface area contributed by atoms with Gasteiger partial charge in [0.2, 0.25) is 0 Å². The topological polar surface area (TPSA) is 61.1 Å². The Bertz CT molecular complexity index is 435. The van der Waals surface area contributed by atoms with Gasteiger partial charge >= 0.3 is 5.97 Å². The molecule has 0 bridgehead atoms. The van der Waals surface area contributed by atoms with Crippen LogP contribution in [0.25, 0.3) is 0 Å². The number of aryl methyl sites for hydroxylation is 1. The summed E-state index contributed by atoms with van der Waals surface area (Å²) in [4.78, 5) is 11.0. The number of nitriles is 1.